The van der Waals surface area contributed by atoms with Gasteiger partial charge in [0.1, 0.15) is 0 Å². The minimum atomic E-state index is -3.66. The molecule has 84 valence electrons. The summed E-state index contributed by atoms with van der Waals surface area (Å²) >= 11 is 0. The Morgan fingerprint density at radius 2 is 2.06 bits per heavy atom. The van der Waals surface area contributed by atoms with Crippen molar-refractivity contribution in [2.75, 3.05) is 6.61 Å². The van der Waals surface area contributed by atoms with Crippen LogP contribution in [0, 0.1) is 17.2 Å². The molecule has 1 fully saturated rings. The zero-order valence-electron chi connectivity index (χ0n) is 8.50. The Kier molecular flexibility index (Phi) is 2.49. The Balaban J connectivity index is 2.46. The number of hydrogen-bond acceptors (Lipinski definition) is 4. The molecule has 0 radical (unpaired) electrons. The molecule has 1 aromatic carbocycles. The number of nitrogens with zero attached hydrogens (tertiary/aromatic N) is 1. The SMILES string of the molecule is N#C[C@]1(S(=O)(=O)c2ccccc2)C[C@@H]1CO. The van der Waals surface area contributed by atoms with Crippen LogP contribution in [-0.4, -0.2) is 24.9 Å². The van der Waals surface area contributed by atoms with E-state index in [4.69, 9.17) is 10.4 Å². The van der Waals surface area contributed by atoms with Gasteiger partial charge in [-0.3, -0.25) is 0 Å². The molecule has 2 rings (SSSR count). The summed E-state index contributed by atoms with van der Waals surface area (Å²) in [5, 5.41) is 18.0. The second kappa shape index (κ2) is 3.58. The fourth-order valence-electron chi connectivity index (χ4n) is 1.86. The Hall–Kier alpha value is -1.38. The molecule has 4 nitrogen and oxygen atoms in total. The lowest BCUT2D eigenvalue weighted by Crippen LogP contribution is -2.25. The van der Waals surface area contributed by atoms with Gasteiger partial charge in [-0.05, 0) is 18.6 Å². The van der Waals surface area contributed by atoms with Crippen LogP contribution in [0.25, 0.3) is 0 Å². The van der Waals surface area contributed by atoms with Gasteiger partial charge in [-0.2, -0.15) is 5.26 Å². The zero-order chi connectivity index (χ0) is 11.8. The van der Waals surface area contributed by atoms with E-state index in [-0.39, 0.29) is 17.9 Å². The third-order valence-corrected chi connectivity index (χ3v) is 5.43. The number of sulfone groups is 1. The topological polar surface area (TPSA) is 78.2 Å². The molecule has 0 bridgehead atoms. The van der Waals surface area contributed by atoms with Gasteiger partial charge in [-0.1, -0.05) is 18.2 Å². The highest BCUT2D eigenvalue weighted by Gasteiger charge is 2.64. The molecule has 1 saturated carbocycles. The van der Waals surface area contributed by atoms with Gasteiger partial charge in [-0.25, -0.2) is 8.42 Å². The Morgan fingerprint density at radius 1 is 1.44 bits per heavy atom. The van der Waals surface area contributed by atoms with E-state index < -0.39 is 20.5 Å². The summed E-state index contributed by atoms with van der Waals surface area (Å²) in [6.45, 7) is -0.264. The quantitative estimate of drug-likeness (QED) is 0.840. The number of rotatable bonds is 3. The van der Waals surface area contributed by atoms with Gasteiger partial charge in [0.15, 0.2) is 14.6 Å². The number of aliphatic hydroxyl groups excluding tert-OH is 1. The van der Waals surface area contributed by atoms with Crippen LogP contribution in [0.2, 0.25) is 0 Å². The maximum atomic E-state index is 12.2. The van der Waals surface area contributed by atoms with Crippen LogP contribution in [-0.2, 0) is 9.84 Å². The van der Waals surface area contributed by atoms with Gasteiger partial charge in [0.25, 0.3) is 0 Å². The van der Waals surface area contributed by atoms with Gasteiger partial charge >= 0.3 is 0 Å². The number of benzene rings is 1. The molecule has 0 heterocycles. The van der Waals surface area contributed by atoms with Crippen LogP contribution in [0.3, 0.4) is 0 Å². The molecule has 1 aliphatic carbocycles. The van der Waals surface area contributed by atoms with E-state index in [9.17, 15) is 8.42 Å². The molecule has 2 atom stereocenters. The molecule has 1 aromatic rings. The molecule has 0 spiro atoms. The highest BCUT2D eigenvalue weighted by Crippen LogP contribution is 2.51. The third-order valence-electron chi connectivity index (χ3n) is 2.99. The van der Waals surface area contributed by atoms with Crippen LogP contribution in [0.5, 0.6) is 0 Å². The maximum Gasteiger partial charge on any atom is 0.197 e. The van der Waals surface area contributed by atoms with Crippen LogP contribution < -0.4 is 0 Å². The van der Waals surface area contributed by atoms with E-state index in [1.165, 1.54) is 12.1 Å². The van der Waals surface area contributed by atoms with Crippen molar-refractivity contribution >= 4 is 9.84 Å². The van der Waals surface area contributed by atoms with Crippen molar-refractivity contribution in [2.45, 2.75) is 16.1 Å². The van der Waals surface area contributed by atoms with E-state index in [2.05, 4.69) is 0 Å². The van der Waals surface area contributed by atoms with E-state index in [0.717, 1.165) is 0 Å². The average Bonchev–Trinajstić information content (AvgIpc) is 3.05. The molecule has 16 heavy (non-hydrogen) atoms. The molecular formula is C11H11NO3S. The standard InChI is InChI=1S/C11H11NO3S/c12-8-11(6-9(11)7-13)16(14,15)10-4-2-1-3-5-10/h1-5,9,13H,6-7H2/t9-,11-/m1/s1. The molecule has 1 N–H and O–H groups in total. The van der Waals surface area contributed by atoms with Crippen molar-refractivity contribution in [1.29, 1.82) is 5.26 Å². The molecule has 0 aliphatic heterocycles. The Bertz CT molecular complexity index is 532. The zero-order valence-corrected chi connectivity index (χ0v) is 9.31. The predicted octanol–water partition coefficient (Wildman–Crippen LogP) is 0.735. The molecule has 0 saturated heterocycles. The van der Waals surface area contributed by atoms with Crippen molar-refractivity contribution in [3.8, 4) is 6.07 Å². The van der Waals surface area contributed by atoms with Crippen molar-refractivity contribution in [3.05, 3.63) is 30.3 Å². The molecule has 5 heteroatoms. The van der Waals surface area contributed by atoms with Crippen LogP contribution in [0.15, 0.2) is 35.2 Å². The van der Waals surface area contributed by atoms with Crippen LogP contribution in [0.4, 0.5) is 0 Å². The predicted molar refractivity (Wildman–Crippen MR) is 57.2 cm³/mol. The molecule has 0 unspecified atom stereocenters. The van der Waals surface area contributed by atoms with E-state index in [0.29, 0.717) is 0 Å². The summed E-state index contributed by atoms with van der Waals surface area (Å²) in [6.07, 6.45) is 0.219. The fraction of sp³-hybridized carbons (Fsp3) is 0.364. The van der Waals surface area contributed by atoms with Crippen molar-refractivity contribution in [1.82, 2.24) is 0 Å². The molecular weight excluding hydrogens is 226 g/mol. The first kappa shape index (κ1) is 11.1. The van der Waals surface area contributed by atoms with Crippen LogP contribution >= 0.6 is 0 Å². The van der Waals surface area contributed by atoms with Gasteiger partial charge < -0.3 is 5.11 Å². The molecule has 1 aliphatic rings. The van der Waals surface area contributed by atoms with Gasteiger partial charge in [0.2, 0.25) is 0 Å². The first-order chi connectivity index (χ1) is 7.58. The maximum absolute atomic E-state index is 12.2. The molecule has 0 amide bonds. The normalized spacial score (nSPS) is 28.4. The lowest BCUT2D eigenvalue weighted by atomic mass is 10.3. The van der Waals surface area contributed by atoms with Crippen molar-refractivity contribution in [2.24, 2.45) is 5.92 Å². The lowest BCUT2D eigenvalue weighted by molar-refractivity contribution is 0.274. The van der Waals surface area contributed by atoms with E-state index in [1.54, 1.807) is 18.2 Å². The Morgan fingerprint density at radius 3 is 2.50 bits per heavy atom. The third kappa shape index (κ3) is 1.34. The smallest absolute Gasteiger partial charge is 0.197 e. The van der Waals surface area contributed by atoms with Gasteiger partial charge in [-0.15, -0.1) is 0 Å². The number of nitriles is 1. The monoisotopic (exact) mass is 237 g/mol. The number of hydrogen-bond donors (Lipinski definition) is 1. The van der Waals surface area contributed by atoms with Crippen molar-refractivity contribution < 1.29 is 13.5 Å². The summed E-state index contributed by atoms with van der Waals surface area (Å²) in [7, 11) is -3.66. The average molecular weight is 237 g/mol. The summed E-state index contributed by atoms with van der Waals surface area (Å²) < 4.78 is 23.0. The summed E-state index contributed by atoms with van der Waals surface area (Å²) in [6, 6.07) is 9.75. The Labute approximate surface area is 94.1 Å². The largest absolute Gasteiger partial charge is 0.396 e. The van der Waals surface area contributed by atoms with Gasteiger partial charge in [0, 0.05) is 12.5 Å². The van der Waals surface area contributed by atoms with Crippen LogP contribution in [0.1, 0.15) is 6.42 Å². The van der Waals surface area contributed by atoms with E-state index in [1.807, 2.05) is 6.07 Å². The summed E-state index contributed by atoms with van der Waals surface area (Å²) in [5.41, 5.74) is 0. The number of aliphatic hydroxyl groups is 1. The highest BCUT2D eigenvalue weighted by atomic mass is 32.2. The molecule has 0 aromatic heterocycles. The first-order valence-corrected chi connectivity index (χ1v) is 6.38. The minimum absolute atomic E-state index is 0.146. The second-order valence-electron chi connectivity index (χ2n) is 3.90. The summed E-state index contributed by atoms with van der Waals surface area (Å²) in [5.74, 6) is -0.456. The summed E-state index contributed by atoms with van der Waals surface area (Å²) in [4.78, 5) is 0.146. The second-order valence-corrected chi connectivity index (χ2v) is 6.11. The van der Waals surface area contributed by atoms with Crippen molar-refractivity contribution in [3.63, 3.8) is 0 Å². The first-order valence-electron chi connectivity index (χ1n) is 4.90. The highest BCUT2D eigenvalue weighted by molar-refractivity contribution is 7.93. The van der Waals surface area contributed by atoms with E-state index >= 15 is 0 Å². The van der Waals surface area contributed by atoms with Gasteiger partial charge in [0.05, 0.1) is 11.0 Å². The lowest BCUT2D eigenvalue weighted by Gasteiger charge is -2.09. The fourth-order valence-corrected chi connectivity index (χ4v) is 3.85. The minimum Gasteiger partial charge on any atom is -0.396 e.